The molecule has 0 radical (unpaired) electrons. The molecule has 58 heavy (non-hydrogen) atoms. The number of cyclic esters (lactones) is 2. The highest BCUT2D eigenvalue weighted by atomic mass is 16.6. The third-order valence-electron chi connectivity index (χ3n) is 12.1. The summed E-state index contributed by atoms with van der Waals surface area (Å²) < 4.78 is 15.9. The van der Waals surface area contributed by atoms with E-state index in [2.05, 4.69) is 0 Å². The van der Waals surface area contributed by atoms with E-state index in [9.17, 15) is 24.0 Å². The number of esters is 1. The predicted molar refractivity (Wildman–Crippen MR) is 224 cm³/mol. The van der Waals surface area contributed by atoms with E-state index in [1.165, 1.54) is 80.4 Å². The van der Waals surface area contributed by atoms with Crippen LogP contribution in [-0.4, -0.2) is 70.7 Å². The zero-order chi connectivity index (χ0) is 41.3. The standard InChI is InChI=1S/C27H39NO5.C21H29NO3/c1-27(2,3)33-24(29)18-22(16-10-15-20-11-6-4-7-12-20)25(30)28-23(19-32-26(28)31)17-21-13-8-5-9-14-21;23-20(14-8-7-11-17-9-3-1-4-10-17)22-19(16-25-21(22)24)15-18-12-5-2-6-13-18/h5,8-9,13-14,20,22-23H,4,6-7,10-12,15-19H2,1-3H3;2,5-6,12-13,17,19H,1,3-4,7-11,14-16H2/t22-,23+;19-/m10/s1. The number of nitrogens with zero attached hydrogens (tertiary/aromatic N) is 2. The zero-order valence-electron chi connectivity index (χ0n) is 35.4. The van der Waals surface area contributed by atoms with Crippen molar-refractivity contribution in [1.82, 2.24) is 9.80 Å². The Balaban J connectivity index is 0.000000229. The van der Waals surface area contributed by atoms with E-state index < -0.39 is 29.7 Å². The fourth-order valence-electron chi connectivity index (χ4n) is 9.10. The van der Waals surface area contributed by atoms with Gasteiger partial charge in [0, 0.05) is 12.3 Å². The lowest BCUT2D eigenvalue weighted by Gasteiger charge is -2.27. The number of carbonyl (C=O) groups excluding carboxylic acids is 5. The third-order valence-corrected chi connectivity index (χ3v) is 12.1. The summed E-state index contributed by atoms with van der Waals surface area (Å²) in [7, 11) is 0. The molecule has 2 aliphatic carbocycles. The Labute approximate surface area is 346 Å². The molecule has 0 bridgehead atoms. The van der Waals surface area contributed by atoms with Crippen LogP contribution in [0.25, 0.3) is 0 Å². The molecule has 10 nitrogen and oxygen atoms in total. The van der Waals surface area contributed by atoms with Crippen molar-refractivity contribution in [3.8, 4) is 0 Å². The molecule has 4 amide bonds. The van der Waals surface area contributed by atoms with Gasteiger partial charge < -0.3 is 14.2 Å². The molecule has 4 aliphatic rings. The molecule has 4 fully saturated rings. The highest BCUT2D eigenvalue weighted by molar-refractivity contribution is 5.96. The van der Waals surface area contributed by atoms with Crippen LogP contribution in [0.1, 0.15) is 147 Å². The average Bonchev–Trinajstić information content (AvgIpc) is 3.77. The van der Waals surface area contributed by atoms with E-state index in [-0.39, 0.29) is 36.9 Å². The third kappa shape index (κ3) is 14.6. The van der Waals surface area contributed by atoms with Crippen molar-refractivity contribution in [3.05, 3.63) is 71.8 Å². The number of unbranched alkanes of at least 4 members (excludes halogenated alkanes) is 1. The molecule has 0 N–H and O–H groups in total. The highest BCUT2D eigenvalue weighted by Crippen LogP contribution is 2.31. The van der Waals surface area contributed by atoms with E-state index in [0.29, 0.717) is 38.2 Å². The van der Waals surface area contributed by atoms with Crippen LogP contribution in [0, 0.1) is 17.8 Å². The Kier molecular flexibility index (Phi) is 17.7. The van der Waals surface area contributed by atoms with Crippen LogP contribution in [0.4, 0.5) is 9.59 Å². The Hall–Kier alpha value is -4.21. The van der Waals surface area contributed by atoms with E-state index >= 15 is 0 Å². The van der Waals surface area contributed by atoms with Crippen LogP contribution >= 0.6 is 0 Å². The Morgan fingerprint density at radius 3 is 1.67 bits per heavy atom. The number of hydrogen-bond acceptors (Lipinski definition) is 8. The number of imide groups is 2. The van der Waals surface area contributed by atoms with Gasteiger partial charge in [0.1, 0.15) is 18.8 Å². The molecule has 10 heteroatoms. The minimum Gasteiger partial charge on any atom is -0.460 e. The molecule has 2 saturated carbocycles. The van der Waals surface area contributed by atoms with Crippen LogP contribution < -0.4 is 0 Å². The predicted octanol–water partition coefficient (Wildman–Crippen LogP) is 10.4. The molecular weight excluding hydrogens is 733 g/mol. The normalized spacial score (nSPS) is 20.8. The smallest absolute Gasteiger partial charge is 0.416 e. The van der Waals surface area contributed by atoms with Crippen LogP contribution in [0.15, 0.2) is 60.7 Å². The van der Waals surface area contributed by atoms with Gasteiger partial charge in [0.15, 0.2) is 0 Å². The first-order valence-corrected chi connectivity index (χ1v) is 22.2. The second-order valence-electron chi connectivity index (χ2n) is 18.0. The number of amides is 4. The summed E-state index contributed by atoms with van der Waals surface area (Å²) in [6, 6.07) is 19.2. The van der Waals surface area contributed by atoms with Gasteiger partial charge >= 0.3 is 18.2 Å². The first-order chi connectivity index (χ1) is 28.0. The highest BCUT2D eigenvalue weighted by Gasteiger charge is 2.42. The lowest BCUT2D eigenvalue weighted by atomic mass is 9.84. The van der Waals surface area contributed by atoms with Gasteiger partial charge in [0.2, 0.25) is 11.8 Å². The summed E-state index contributed by atoms with van der Waals surface area (Å²) >= 11 is 0. The summed E-state index contributed by atoms with van der Waals surface area (Å²) in [4.78, 5) is 65.8. The number of hydrogen-bond donors (Lipinski definition) is 0. The Morgan fingerprint density at radius 1 is 0.672 bits per heavy atom. The quantitative estimate of drug-likeness (QED) is 0.0935. The minimum absolute atomic E-state index is 0.0113. The number of ether oxygens (including phenoxy) is 3. The van der Waals surface area contributed by atoms with Crippen molar-refractivity contribution in [1.29, 1.82) is 0 Å². The van der Waals surface area contributed by atoms with Crippen molar-refractivity contribution in [2.24, 2.45) is 17.8 Å². The van der Waals surface area contributed by atoms with E-state index in [4.69, 9.17) is 14.2 Å². The van der Waals surface area contributed by atoms with Gasteiger partial charge in [-0.1, -0.05) is 151 Å². The van der Waals surface area contributed by atoms with Crippen molar-refractivity contribution in [3.63, 3.8) is 0 Å². The van der Waals surface area contributed by atoms with Crippen molar-refractivity contribution < 1.29 is 38.2 Å². The van der Waals surface area contributed by atoms with Crippen LogP contribution in [0.5, 0.6) is 0 Å². The number of benzene rings is 2. The number of carbonyl (C=O) groups is 5. The first kappa shape index (κ1) is 44.9. The zero-order valence-corrected chi connectivity index (χ0v) is 35.4. The molecule has 2 aromatic rings. The monoisotopic (exact) mass is 800 g/mol. The molecule has 0 unspecified atom stereocenters. The van der Waals surface area contributed by atoms with Gasteiger partial charge in [-0.2, -0.15) is 0 Å². The summed E-state index contributed by atoms with van der Waals surface area (Å²) in [6.07, 6.45) is 19.5. The van der Waals surface area contributed by atoms with Gasteiger partial charge in [-0.25, -0.2) is 19.4 Å². The fourth-order valence-corrected chi connectivity index (χ4v) is 9.10. The molecule has 2 saturated heterocycles. The molecule has 0 spiro atoms. The molecular formula is C48H68N2O8. The maximum atomic E-state index is 13.6. The topological polar surface area (TPSA) is 120 Å². The molecule has 3 atom stereocenters. The minimum atomic E-state index is -0.616. The molecule has 318 valence electrons. The van der Waals surface area contributed by atoms with Crippen LogP contribution in [0.3, 0.4) is 0 Å². The SMILES string of the molecule is CC(C)(C)OC(=O)C[C@@H](CCCC1CCCCC1)C(=O)N1C(=O)OC[C@@H]1Cc1ccccc1.O=C(CCCCC1CCCCC1)N1C(=O)OC[C@@H]1Cc1ccccc1. The summed E-state index contributed by atoms with van der Waals surface area (Å²) in [5.41, 5.74) is 1.55. The van der Waals surface area contributed by atoms with Gasteiger partial charge in [0.05, 0.1) is 18.5 Å². The molecule has 6 rings (SSSR count). The molecule has 2 aliphatic heterocycles. The maximum Gasteiger partial charge on any atom is 0.416 e. The molecule has 2 heterocycles. The second-order valence-corrected chi connectivity index (χ2v) is 18.0. The van der Waals surface area contributed by atoms with Crippen molar-refractivity contribution in [2.75, 3.05) is 13.2 Å². The van der Waals surface area contributed by atoms with Gasteiger partial charge in [-0.3, -0.25) is 14.4 Å². The van der Waals surface area contributed by atoms with Crippen LogP contribution in [0.2, 0.25) is 0 Å². The molecule has 2 aromatic carbocycles. The average molecular weight is 801 g/mol. The lowest BCUT2D eigenvalue weighted by Crippen LogP contribution is -2.44. The largest absolute Gasteiger partial charge is 0.460 e. The summed E-state index contributed by atoms with van der Waals surface area (Å²) in [5.74, 6) is 0.197. The summed E-state index contributed by atoms with van der Waals surface area (Å²) in [6.45, 7) is 5.94. The second kappa shape index (κ2) is 22.8. The van der Waals surface area contributed by atoms with Gasteiger partial charge in [-0.05, 0) is 69.4 Å². The Morgan fingerprint density at radius 2 is 1.16 bits per heavy atom. The van der Waals surface area contributed by atoms with E-state index in [1.54, 1.807) is 0 Å². The summed E-state index contributed by atoms with van der Waals surface area (Å²) in [5, 5.41) is 0. The molecule has 0 aromatic heterocycles. The van der Waals surface area contributed by atoms with Gasteiger partial charge in [0.25, 0.3) is 0 Å². The first-order valence-electron chi connectivity index (χ1n) is 22.2. The Bertz CT molecular complexity index is 1600. The number of rotatable bonds is 16. The van der Waals surface area contributed by atoms with Crippen molar-refractivity contribution in [2.45, 2.75) is 167 Å². The maximum absolute atomic E-state index is 13.6. The fraction of sp³-hybridized carbons (Fsp3) is 0.646. The lowest BCUT2D eigenvalue weighted by molar-refractivity contribution is -0.158. The van der Waals surface area contributed by atoms with Crippen molar-refractivity contribution >= 4 is 30.0 Å². The van der Waals surface area contributed by atoms with E-state index in [1.807, 2.05) is 81.4 Å². The van der Waals surface area contributed by atoms with Crippen LogP contribution in [-0.2, 0) is 41.4 Å². The van der Waals surface area contributed by atoms with Gasteiger partial charge in [-0.15, -0.1) is 0 Å². The van der Waals surface area contributed by atoms with E-state index in [0.717, 1.165) is 42.7 Å².